The average molecular weight is 484 g/mol. The van der Waals surface area contributed by atoms with Gasteiger partial charge >= 0.3 is 0 Å². The van der Waals surface area contributed by atoms with E-state index < -0.39 is 0 Å². The first-order valence-corrected chi connectivity index (χ1v) is 10.1. The number of nitrogens with one attached hydrogen (secondary N) is 2. The number of hydrogen-bond donors (Lipinski definition) is 2. The quantitative estimate of drug-likeness (QED) is 0.184. The molecule has 0 aliphatic heterocycles. The fourth-order valence-electron chi connectivity index (χ4n) is 2.67. The van der Waals surface area contributed by atoms with Gasteiger partial charge in [-0.3, -0.25) is 0 Å². The van der Waals surface area contributed by atoms with E-state index in [2.05, 4.69) is 59.2 Å². The molecule has 0 radical (unpaired) electrons. The van der Waals surface area contributed by atoms with Crippen molar-refractivity contribution in [2.45, 2.75) is 25.9 Å². The van der Waals surface area contributed by atoms with Crippen LogP contribution in [-0.4, -0.2) is 13.1 Å². The summed E-state index contributed by atoms with van der Waals surface area (Å²) in [4.78, 5) is 0. The molecule has 30 heavy (non-hydrogen) atoms. The fourth-order valence-corrected chi connectivity index (χ4v) is 2.67. The van der Waals surface area contributed by atoms with Gasteiger partial charge in [0.1, 0.15) is 0 Å². The molecule has 2 N–H and O–H groups in total. The van der Waals surface area contributed by atoms with Crippen LogP contribution >= 0.6 is 0 Å². The monoisotopic (exact) mass is 484 g/mol. The van der Waals surface area contributed by atoms with Gasteiger partial charge in [-0.15, -0.1) is 5.56 Å². The van der Waals surface area contributed by atoms with Gasteiger partial charge in [-0.05, 0) is 32.5 Å². The number of unbranched alkanes of at least 4 members (excludes halogenated alkanes) is 1. The van der Waals surface area contributed by atoms with E-state index in [4.69, 9.17) is 0 Å². The van der Waals surface area contributed by atoms with Gasteiger partial charge in [0.05, 0.1) is 0 Å². The zero-order valence-electron chi connectivity index (χ0n) is 17.3. The van der Waals surface area contributed by atoms with Crippen LogP contribution in [0.2, 0.25) is 0 Å². The van der Waals surface area contributed by atoms with E-state index in [0.29, 0.717) is 0 Å². The van der Waals surface area contributed by atoms with Crippen LogP contribution in [0.3, 0.4) is 0 Å². The maximum atomic E-state index is 3.46. The maximum absolute atomic E-state index is 3.46. The number of hydrogen-bond acceptors (Lipinski definition) is 2. The van der Waals surface area contributed by atoms with Crippen molar-refractivity contribution in [1.82, 2.24) is 10.6 Å². The minimum absolute atomic E-state index is 0. The minimum Gasteiger partial charge on any atom is -0.748 e. The average Bonchev–Trinajstić information content (AvgIpc) is 3.56. The van der Waals surface area contributed by atoms with Crippen LogP contribution in [-0.2, 0) is 47.2 Å². The molecule has 0 aliphatic rings. The van der Waals surface area contributed by atoms with Gasteiger partial charge in [0.15, 0.2) is 0 Å². The summed E-state index contributed by atoms with van der Waals surface area (Å²) in [5, 5.41) is 6.93. The Morgan fingerprint density at radius 3 is 1.50 bits per heavy atom. The van der Waals surface area contributed by atoms with E-state index in [1.807, 2.05) is 60.7 Å². The Labute approximate surface area is 203 Å². The van der Waals surface area contributed by atoms with Crippen LogP contribution in [0, 0.1) is 0 Å². The first-order valence-electron chi connectivity index (χ1n) is 10.1. The van der Waals surface area contributed by atoms with Crippen LogP contribution in [0.15, 0.2) is 109 Å². The summed E-state index contributed by atoms with van der Waals surface area (Å²) in [6.07, 6.45) is 2.46. The summed E-state index contributed by atoms with van der Waals surface area (Å²) in [7, 11) is 0. The minimum atomic E-state index is 0. The van der Waals surface area contributed by atoms with Gasteiger partial charge in [0.2, 0.25) is 0 Å². The molecule has 4 aromatic carbocycles. The van der Waals surface area contributed by atoms with E-state index >= 15 is 0 Å². The van der Waals surface area contributed by atoms with E-state index in [1.165, 1.54) is 24.0 Å². The Morgan fingerprint density at radius 2 is 1.07 bits per heavy atom. The Balaban J connectivity index is 0.000000575. The van der Waals surface area contributed by atoms with E-state index in [-0.39, 0.29) is 34.1 Å². The van der Waals surface area contributed by atoms with Crippen LogP contribution in [0.1, 0.15) is 24.0 Å². The molecule has 0 spiro atoms. The molecule has 0 unspecified atom stereocenters. The second-order valence-electron chi connectivity index (χ2n) is 6.57. The summed E-state index contributed by atoms with van der Waals surface area (Å²) < 4.78 is 0. The van der Waals surface area contributed by atoms with Crippen LogP contribution in [0.5, 0.6) is 0 Å². The Bertz CT molecular complexity index is 626. The standard InChI is InChI=1S/C16H22N2.2C5H5.2Fe/c1-2-8-15(7-1)13-17-11-5-6-12-18-14-16-9-3-4-10-16;2*1-2-4-5-3-1;;/h1-4,7-10,17-18H,5-6,11-14H2;2*1-5H;;/q-6;2*-1;;. The largest absolute Gasteiger partial charge is 0.748 e. The predicted molar refractivity (Wildman–Crippen MR) is 121 cm³/mol. The number of rotatable bonds is 9. The molecule has 4 heteroatoms. The summed E-state index contributed by atoms with van der Waals surface area (Å²) in [5.41, 5.74) is 2.76. The fraction of sp³-hybridized carbons (Fsp3) is 0.231. The van der Waals surface area contributed by atoms with Gasteiger partial charge < -0.3 is 40.5 Å². The third kappa shape index (κ3) is 15.2. The predicted octanol–water partition coefficient (Wildman–Crippen LogP) is 5.59. The molecule has 170 valence electrons. The van der Waals surface area contributed by atoms with Crippen molar-refractivity contribution < 1.29 is 34.1 Å². The van der Waals surface area contributed by atoms with E-state index in [9.17, 15) is 0 Å². The first kappa shape index (κ1) is 28.4. The van der Waals surface area contributed by atoms with E-state index in [1.54, 1.807) is 0 Å². The molecule has 0 amide bonds. The molecule has 0 bridgehead atoms. The topological polar surface area (TPSA) is 24.1 Å². The molecule has 4 rings (SSSR count). The molecule has 4 aromatic rings. The van der Waals surface area contributed by atoms with Crippen molar-refractivity contribution >= 4 is 0 Å². The third-order valence-corrected chi connectivity index (χ3v) is 4.19. The smallest absolute Gasteiger partial charge is 0 e. The second-order valence-corrected chi connectivity index (χ2v) is 6.57. The van der Waals surface area contributed by atoms with Gasteiger partial charge in [-0.1, -0.05) is 0 Å². The SMILES string of the molecule is [Fe].[Fe].c1cc[c-](CNCCCCNC[c-]2[cH-][cH-][cH-][cH-]2)c1.c1cc[cH-]c1.c1cc[cH-]c1. The normalized spacial score (nSPS) is 9.20. The van der Waals surface area contributed by atoms with Crippen LogP contribution < -0.4 is 10.6 Å². The molecule has 0 aliphatic carbocycles. The molecular weight excluding hydrogens is 452 g/mol. The first-order chi connectivity index (χ1) is 13.9. The Hall–Kier alpha value is -1.64. The Kier molecular flexibility index (Phi) is 19.5. The van der Waals surface area contributed by atoms with Gasteiger partial charge in [-0.2, -0.15) is 55.1 Å². The van der Waals surface area contributed by atoms with Crippen LogP contribution in [0.4, 0.5) is 0 Å². The molecule has 0 saturated heterocycles. The van der Waals surface area contributed by atoms with Crippen LogP contribution in [0.25, 0.3) is 0 Å². The summed E-state index contributed by atoms with van der Waals surface area (Å²) in [6.45, 7) is 4.19. The summed E-state index contributed by atoms with van der Waals surface area (Å²) >= 11 is 0. The van der Waals surface area contributed by atoms with Gasteiger partial charge in [0.25, 0.3) is 0 Å². The summed E-state index contributed by atoms with van der Waals surface area (Å²) in [5.74, 6) is 0. The van der Waals surface area contributed by atoms with Crippen molar-refractivity contribution in [3.63, 3.8) is 0 Å². The Morgan fingerprint density at radius 1 is 0.600 bits per heavy atom. The molecule has 0 heterocycles. The van der Waals surface area contributed by atoms with Crippen molar-refractivity contribution in [3.05, 3.63) is 120 Å². The zero-order valence-corrected chi connectivity index (χ0v) is 19.6. The van der Waals surface area contributed by atoms with Crippen molar-refractivity contribution in [2.24, 2.45) is 0 Å². The van der Waals surface area contributed by atoms with Crippen molar-refractivity contribution in [1.29, 1.82) is 0 Å². The second kappa shape index (κ2) is 20.6. The third-order valence-electron chi connectivity index (χ3n) is 4.19. The molecule has 0 atom stereocenters. The molecular formula is C26H32Fe2N2-8. The molecule has 2 nitrogen and oxygen atoms in total. The summed E-state index contributed by atoms with van der Waals surface area (Å²) in [6, 6.07) is 37.0. The van der Waals surface area contributed by atoms with Crippen molar-refractivity contribution in [3.8, 4) is 0 Å². The molecule has 0 fully saturated rings. The van der Waals surface area contributed by atoms with E-state index in [0.717, 1.165) is 26.2 Å². The van der Waals surface area contributed by atoms with Crippen molar-refractivity contribution in [2.75, 3.05) is 13.1 Å². The van der Waals surface area contributed by atoms with Gasteiger partial charge in [0, 0.05) is 34.1 Å². The molecule has 0 aromatic heterocycles. The van der Waals surface area contributed by atoms with Gasteiger partial charge in [-0.25, -0.2) is 36.4 Å². The molecule has 0 saturated carbocycles. The maximum Gasteiger partial charge on any atom is 0 e. The zero-order chi connectivity index (χ0) is 19.5.